The van der Waals surface area contributed by atoms with Crippen LogP contribution in [0.5, 0.6) is 5.75 Å². The monoisotopic (exact) mass is 316 g/mol. The minimum atomic E-state index is -0.577. The Labute approximate surface area is 127 Å². The van der Waals surface area contributed by atoms with Gasteiger partial charge in [-0.2, -0.15) is 0 Å². The molecule has 1 fully saturated rings. The summed E-state index contributed by atoms with van der Waals surface area (Å²) in [7, 11) is 1.61. The third-order valence-corrected chi connectivity index (χ3v) is 3.64. The van der Waals surface area contributed by atoms with Crippen LogP contribution in [0.15, 0.2) is 18.2 Å². The summed E-state index contributed by atoms with van der Waals surface area (Å²) in [6.07, 6.45) is 0.732. The van der Waals surface area contributed by atoms with Crippen molar-refractivity contribution in [2.75, 3.05) is 26.8 Å². The maximum atomic E-state index is 13.2. The molecule has 0 unspecified atom stereocenters. The van der Waals surface area contributed by atoms with Crippen molar-refractivity contribution in [3.8, 4) is 5.75 Å². The zero-order valence-corrected chi connectivity index (χ0v) is 12.5. The summed E-state index contributed by atoms with van der Waals surface area (Å²) in [6.45, 7) is 1.35. The van der Waals surface area contributed by atoms with Gasteiger partial charge in [-0.05, 0) is 25.1 Å². The fraction of sp³-hybridized carbons (Fsp3) is 0.500. The standard InChI is InChI=1S/C14H18ClFN2O3/c1-20-13-7-17-5-4-12(13)18-14(19)8-21-9-2-3-10(15)11(16)6-9/h2-3,6,12-13,17H,4-5,7-8H2,1H3,(H,18,19)/t12-,13+/m1/s1. The van der Waals surface area contributed by atoms with E-state index in [4.69, 9.17) is 21.1 Å². The molecule has 1 aliphatic heterocycles. The number of benzene rings is 1. The van der Waals surface area contributed by atoms with Gasteiger partial charge < -0.3 is 20.1 Å². The van der Waals surface area contributed by atoms with E-state index in [0.29, 0.717) is 6.54 Å². The van der Waals surface area contributed by atoms with Crippen LogP contribution in [0.1, 0.15) is 6.42 Å². The normalized spacial score (nSPS) is 21.9. The van der Waals surface area contributed by atoms with Crippen molar-refractivity contribution in [1.82, 2.24) is 10.6 Å². The molecule has 116 valence electrons. The molecule has 0 aromatic heterocycles. The SMILES string of the molecule is CO[C@H]1CNCC[C@H]1NC(=O)COc1ccc(Cl)c(F)c1. The maximum Gasteiger partial charge on any atom is 0.258 e. The number of hydrogen-bond donors (Lipinski definition) is 2. The highest BCUT2D eigenvalue weighted by Crippen LogP contribution is 2.20. The number of hydrogen-bond acceptors (Lipinski definition) is 4. The van der Waals surface area contributed by atoms with Gasteiger partial charge in [-0.15, -0.1) is 0 Å². The highest BCUT2D eigenvalue weighted by molar-refractivity contribution is 6.30. The molecule has 0 bridgehead atoms. The number of carbonyl (C=O) groups is 1. The molecule has 1 heterocycles. The van der Waals surface area contributed by atoms with Crippen LogP contribution in [0, 0.1) is 5.82 Å². The van der Waals surface area contributed by atoms with Crippen LogP contribution in [-0.2, 0) is 9.53 Å². The molecule has 0 aliphatic carbocycles. The second-order valence-electron chi connectivity index (χ2n) is 4.81. The third kappa shape index (κ3) is 4.56. The van der Waals surface area contributed by atoms with Crippen LogP contribution in [0.2, 0.25) is 5.02 Å². The minimum absolute atomic E-state index is 0.0180. The van der Waals surface area contributed by atoms with Gasteiger partial charge in [0, 0.05) is 19.7 Å². The first-order chi connectivity index (χ1) is 10.1. The highest BCUT2D eigenvalue weighted by atomic mass is 35.5. The lowest BCUT2D eigenvalue weighted by atomic mass is 10.0. The zero-order chi connectivity index (χ0) is 15.2. The number of carbonyl (C=O) groups excluding carboxylic acids is 1. The van der Waals surface area contributed by atoms with Crippen molar-refractivity contribution in [3.63, 3.8) is 0 Å². The van der Waals surface area contributed by atoms with Crippen LogP contribution < -0.4 is 15.4 Å². The molecular weight excluding hydrogens is 299 g/mol. The Morgan fingerprint density at radius 1 is 1.57 bits per heavy atom. The molecule has 0 spiro atoms. The van der Waals surface area contributed by atoms with E-state index in [1.54, 1.807) is 7.11 Å². The van der Waals surface area contributed by atoms with E-state index in [1.807, 2.05) is 0 Å². The van der Waals surface area contributed by atoms with Gasteiger partial charge in [-0.25, -0.2) is 4.39 Å². The largest absolute Gasteiger partial charge is 0.484 e. The van der Waals surface area contributed by atoms with Crippen molar-refractivity contribution in [1.29, 1.82) is 0 Å². The molecular formula is C14H18ClFN2O3. The second-order valence-corrected chi connectivity index (χ2v) is 5.21. The molecule has 1 saturated heterocycles. The van der Waals surface area contributed by atoms with Gasteiger partial charge in [0.1, 0.15) is 11.6 Å². The molecule has 5 nitrogen and oxygen atoms in total. The van der Waals surface area contributed by atoms with Crippen LogP contribution in [0.4, 0.5) is 4.39 Å². The second kappa shape index (κ2) is 7.59. The highest BCUT2D eigenvalue weighted by Gasteiger charge is 2.26. The van der Waals surface area contributed by atoms with Crippen molar-refractivity contribution in [2.24, 2.45) is 0 Å². The molecule has 0 radical (unpaired) electrons. The lowest BCUT2D eigenvalue weighted by Crippen LogP contribution is -2.54. The summed E-state index contributed by atoms with van der Waals surface area (Å²) >= 11 is 5.57. The average Bonchev–Trinajstić information content (AvgIpc) is 2.49. The Morgan fingerprint density at radius 2 is 2.38 bits per heavy atom. The molecule has 1 aromatic carbocycles. The molecule has 1 amide bonds. The number of ether oxygens (including phenoxy) is 2. The summed E-state index contributed by atoms with van der Waals surface area (Å²) in [4.78, 5) is 11.9. The lowest BCUT2D eigenvalue weighted by molar-refractivity contribution is -0.125. The Morgan fingerprint density at radius 3 is 3.10 bits per heavy atom. The molecule has 21 heavy (non-hydrogen) atoms. The number of amides is 1. The zero-order valence-electron chi connectivity index (χ0n) is 11.7. The molecule has 2 N–H and O–H groups in total. The molecule has 1 aliphatic rings. The molecule has 2 atom stereocenters. The van der Waals surface area contributed by atoms with Gasteiger partial charge in [0.15, 0.2) is 6.61 Å². The molecule has 0 saturated carbocycles. The van der Waals surface area contributed by atoms with Gasteiger partial charge in [0.05, 0.1) is 17.2 Å². The van der Waals surface area contributed by atoms with E-state index >= 15 is 0 Å². The first kappa shape index (κ1) is 16.0. The Balaban J connectivity index is 1.82. The lowest BCUT2D eigenvalue weighted by Gasteiger charge is -2.31. The van der Waals surface area contributed by atoms with Crippen molar-refractivity contribution in [2.45, 2.75) is 18.6 Å². The van der Waals surface area contributed by atoms with Crippen LogP contribution in [0.3, 0.4) is 0 Å². The number of piperidine rings is 1. The maximum absolute atomic E-state index is 13.2. The summed E-state index contributed by atoms with van der Waals surface area (Å²) in [5.74, 6) is -0.577. The van der Waals surface area contributed by atoms with E-state index in [9.17, 15) is 9.18 Å². The third-order valence-electron chi connectivity index (χ3n) is 3.34. The summed E-state index contributed by atoms with van der Waals surface area (Å²) in [5, 5.41) is 6.08. The smallest absolute Gasteiger partial charge is 0.258 e. The minimum Gasteiger partial charge on any atom is -0.484 e. The van der Waals surface area contributed by atoms with Crippen LogP contribution in [0.25, 0.3) is 0 Å². The van der Waals surface area contributed by atoms with Gasteiger partial charge >= 0.3 is 0 Å². The summed E-state index contributed by atoms with van der Waals surface area (Å²) < 4.78 is 23.8. The van der Waals surface area contributed by atoms with E-state index in [1.165, 1.54) is 12.1 Å². The topological polar surface area (TPSA) is 59.6 Å². The predicted molar refractivity (Wildman–Crippen MR) is 77.1 cm³/mol. The van der Waals surface area contributed by atoms with Gasteiger partial charge in [-0.1, -0.05) is 11.6 Å². The average molecular weight is 317 g/mol. The Bertz CT molecular complexity index is 501. The van der Waals surface area contributed by atoms with E-state index in [0.717, 1.165) is 19.0 Å². The van der Waals surface area contributed by atoms with Crippen molar-refractivity contribution >= 4 is 17.5 Å². The van der Waals surface area contributed by atoms with Crippen LogP contribution in [-0.4, -0.2) is 44.9 Å². The number of methoxy groups -OCH3 is 1. The van der Waals surface area contributed by atoms with Crippen LogP contribution >= 0.6 is 11.6 Å². The van der Waals surface area contributed by atoms with Crippen molar-refractivity contribution in [3.05, 3.63) is 29.0 Å². The first-order valence-corrected chi connectivity index (χ1v) is 7.08. The first-order valence-electron chi connectivity index (χ1n) is 6.71. The summed E-state index contributed by atoms with van der Waals surface area (Å²) in [5.41, 5.74) is 0. The van der Waals surface area contributed by atoms with Crippen molar-refractivity contribution < 1.29 is 18.7 Å². The molecule has 7 heteroatoms. The number of halogens is 2. The quantitative estimate of drug-likeness (QED) is 0.861. The van der Waals surface area contributed by atoms with E-state index < -0.39 is 5.82 Å². The van der Waals surface area contributed by atoms with E-state index in [2.05, 4.69) is 10.6 Å². The number of rotatable bonds is 5. The molecule has 1 aromatic rings. The van der Waals surface area contributed by atoms with E-state index in [-0.39, 0.29) is 35.4 Å². The van der Waals surface area contributed by atoms with Gasteiger partial charge in [-0.3, -0.25) is 4.79 Å². The fourth-order valence-corrected chi connectivity index (χ4v) is 2.32. The van der Waals surface area contributed by atoms with Gasteiger partial charge in [0.25, 0.3) is 5.91 Å². The molecule has 2 rings (SSSR count). The predicted octanol–water partition coefficient (Wildman–Crippen LogP) is 1.35. The van der Waals surface area contributed by atoms with Gasteiger partial charge in [0.2, 0.25) is 0 Å². The number of nitrogens with one attached hydrogen (secondary N) is 2. The Hall–Kier alpha value is -1.37. The fourth-order valence-electron chi connectivity index (χ4n) is 2.21. The Kier molecular flexibility index (Phi) is 5.78. The summed E-state index contributed by atoms with van der Waals surface area (Å²) in [6, 6.07) is 4.01.